The van der Waals surface area contributed by atoms with Crippen LogP contribution in [-0.2, 0) is 0 Å². The van der Waals surface area contributed by atoms with Gasteiger partial charge in [0.1, 0.15) is 0 Å². The van der Waals surface area contributed by atoms with Gasteiger partial charge in [-0.05, 0) is 0 Å². The molecule has 0 aliphatic rings. The third-order valence-corrected chi connectivity index (χ3v) is 7.20. The SMILES string of the molecule is BB(B)B(B)B(BB(B(B(B)B)B(B)B)B(B(B)B)B(B)B)B(B)B. The van der Waals surface area contributed by atoms with E-state index in [1.165, 1.54) is 7.06 Å². The Morgan fingerprint density at radius 1 is 0.360 bits per heavy atom. The third kappa shape index (κ3) is 8.25. The van der Waals surface area contributed by atoms with Crippen molar-refractivity contribution in [3.05, 3.63) is 0 Å². The average Bonchev–Trinajstić information content (AvgIpc) is 2.41. The molecule has 0 aromatic carbocycles. The van der Waals surface area contributed by atoms with E-state index in [4.69, 9.17) is 0 Å². The van der Waals surface area contributed by atoms with Crippen molar-refractivity contribution in [1.29, 1.82) is 0 Å². The number of hydrogen-bond acceptors (Lipinski definition) is 0. The fraction of sp³-hybridized carbons (Fsp3) is 0. The Balaban J connectivity index is 5.92. The molecule has 0 bridgehead atoms. The van der Waals surface area contributed by atoms with E-state index in [0.717, 1.165) is 70.2 Å². The molecule has 0 aliphatic carbocycles. The molecule has 25 heteroatoms. The van der Waals surface area contributed by atoms with Gasteiger partial charge < -0.3 is 0 Å². The minimum atomic E-state index is 0.771. The molecule has 0 aromatic rings. The van der Waals surface area contributed by atoms with E-state index in [9.17, 15) is 0 Å². The predicted octanol–water partition coefficient (Wildman–Crippen LogP) is -16.7. The van der Waals surface area contributed by atoms with Crippen LogP contribution in [0.5, 0.6) is 0 Å². The van der Waals surface area contributed by atoms with Crippen LogP contribution >= 0.6 is 0 Å². The summed E-state index contributed by atoms with van der Waals surface area (Å²) in [7, 11) is 33.4. The lowest BCUT2D eigenvalue weighted by atomic mass is 8.40. The lowest BCUT2D eigenvalue weighted by Crippen LogP contribution is -2.79. The topological polar surface area (TPSA) is 0 Å². The smallest absolute Gasteiger partial charge is 0.00353 e. The quantitative estimate of drug-likeness (QED) is 0.332. The highest BCUT2D eigenvalue weighted by Gasteiger charge is 2.45. The van der Waals surface area contributed by atoms with Crippen LogP contribution in [0.15, 0.2) is 0 Å². The van der Waals surface area contributed by atoms with E-state index in [2.05, 4.69) is 101 Å². The second kappa shape index (κ2) is 12.2. The molecule has 0 aromatic heterocycles. The van der Waals surface area contributed by atoms with Crippen LogP contribution in [0.25, 0.3) is 0 Å². The van der Waals surface area contributed by atoms with Crippen molar-refractivity contribution < 1.29 is 0 Å². The first-order chi connectivity index (χ1) is 11.3. The Morgan fingerprint density at radius 2 is 0.680 bits per heavy atom. The summed E-state index contributed by atoms with van der Waals surface area (Å²) in [5, 5.41) is 0. The van der Waals surface area contributed by atoms with Crippen LogP contribution in [0, 0.1) is 0 Å². The zero-order valence-corrected chi connectivity index (χ0v) is 20.1. The van der Waals surface area contributed by atoms with Crippen molar-refractivity contribution in [3.63, 3.8) is 0 Å². The summed E-state index contributed by atoms with van der Waals surface area (Å²) in [6.07, 6.45) is 8.78. The van der Waals surface area contributed by atoms with E-state index < -0.39 is 0 Å². The minimum absolute atomic E-state index is 0.771. The van der Waals surface area contributed by atoms with Gasteiger partial charge in [-0.3, -0.25) is 0 Å². The van der Waals surface area contributed by atoms with E-state index in [1.54, 1.807) is 0 Å². The highest BCUT2D eigenvalue weighted by atomic mass is 13.2. The van der Waals surface area contributed by atoms with E-state index in [0.29, 0.717) is 0 Å². The van der Waals surface area contributed by atoms with Crippen molar-refractivity contribution in [2.75, 3.05) is 0 Å². The fourth-order valence-electron chi connectivity index (χ4n) is 5.99. The maximum atomic E-state index is 2.51. The molecule has 25 heavy (non-hydrogen) atoms. The summed E-state index contributed by atoms with van der Waals surface area (Å²) in [6.45, 7) is 0. The Kier molecular flexibility index (Phi) is 13.0. The van der Waals surface area contributed by atoms with Crippen molar-refractivity contribution in [3.8, 4) is 0 Å². The number of rotatable bonds is 11. The lowest BCUT2D eigenvalue weighted by molar-refractivity contribution is 3.34. The van der Waals surface area contributed by atoms with Crippen molar-refractivity contribution >= 4 is 178 Å². The molecule has 102 valence electrons. The first kappa shape index (κ1) is 26.6. The van der Waals surface area contributed by atoms with Crippen LogP contribution in [-0.4, -0.2) is 178 Å². The van der Waals surface area contributed by atoms with Crippen LogP contribution in [0.2, 0.25) is 0 Å². The van der Waals surface area contributed by atoms with Gasteiger partial charge in [-0.15, -0.1) is 0 Å². The van der Waals surface area contributed by atoms with Gasteiger partial charge in [0.15, 0.2) is 0 Å². The lowest BCUT2D eigenvalue weighted by Gasteiger charge is -2.40. The van der Waals surface area contributed by atoms with Crippen LogP contribution in [0.4, 0.5) is 0 Å². The van der Waals surface area contributed by atoms with Gasteiger partial charge in [-0.2, -0.15) is 0 Å². The van der Waals surface area contributed by atoms with Crippen LogP contribution < -0.4 is 0 Å². The van der Waals surface area contributed by atoms with E-state index >= 15 is 0 Å². The maximum Gasteiger partial charge on any atom is 0.0552 e. The Morgan fingerprint density at radius 3 is 0.880 bits per heavy atom. The van der Waals surface area contributed by atoms with E-state index in [-0.39, 0.29) is 0 Å². The molecule has 0 heterocycles. The molecule has 0 N–H and O–H groups in total. The molecule has 0 aliphatic heterocycles. The van der Waals surface area contributed by atoms with Crippen LogP contribution in [0.3, 0.4) is 0 Å². The summed E-state index contributed by atoms with van der Waals surface area (Å²) in [5.41, 5.74) is 0. The summed E-state index contributed by atoms with van der Waals surface area (Å²) >= 11 is 0. The van der Waals surface area contributed by atoms with Gasteiger partial charge >= 0.3 is 0 Å². The van der Waals surface area contributed by atoms with Gasteiger partial charge in [0.2, 0.25) is 0 Å². The van der Waals surface area contributed by atoms with Crippen molar-refractivity contribution in [1.82, 2.24) is 0 Å². The highest BCUT2D eigenvalue weighted by molar-refractivity contribution is 8.18. The van der Waals surface area contributed by atoms with Crippen molar-refractivity contribution in [2.24, 2.45) is 0 Å². The second-order valence-electron chi connectivity index (χ2n) is 11.0. The van der Waals surface area contributed by atoms with Crippen LogP contribution in [0.1, 0.15) is 0 Å². The molecule has 0 saturated carbocycles. The standard InChI is InChI=1S/B25H27/c1-15(2)21(13)22(16(3)4)14-23(24(17(5)6)18(7)8)25(19(9)10)20(11)12/h14H,1-13H2. The molecule has 0 fully saturated rings. The predicted molar refractivity (Wildman–Crippen MR) is 182 cm³/mol. The van der Waals surface area contributed by atoms with Crippen molar-refractivity contribution in [2.45, 2.75) is 0 Å². The molecule has 0 saturated heterocycles. The Bertz CT molecular complexity index is 298. The zero-order chi connectivity index (χ0) is 20.1. The minimum Gasteiger partial charge on any atom is 0.00353 e. The monoisotopic (exact) mass is 302 g/mol. The normalized spacial score (nSPS) is 9.28. The van der Waals surface area contributed by atoms with Gasteiger partial charge in [-0.25, -0.2) is 0 Å². The molecule has 0 unspecified atom stereocenters. The first-order valence-corrected chi connectivity index (χ1v) is 11.3. The second-order valence-corrected chi connectivity index (χ2v) is 11.0. The first-order valence-electron chi connectivity index (χ1n) is 11.3. The van der Waals surface area contributed by atoms with Gasteiger partial charge in [0.25, 0.3) is 0 Å². The zero-order valence-electron chi connectivity index (χ0n) is 20.1. The highest BCUT2D eigenvalue weighted by Crippen LogP contribution is 2.05. The molecular formula is H27B25. The summed E-state index contributed by atoms with van der Waals surface area (Å²) in [6, 6.07) is 0. The van der Waals surface area contributed by atoms with Gasteiger partial charge in [0.05, 0.1) is 101 Å². The molecule has 0 amide bonds. The summed E-state index contributed by atoms with van der Waals surface area (Å²) in [5.74, 6) is 0. The molecule has 0 radical (unpaired) electrons. The Labute approximate surface area is 177 Å². The average molecular weight is 298 g/mol. The van der Waals surface area contributed by atoms with Gasteiger partial charge in [-0.1, -0.05) is 0 Å². The molecule has 0 atom stereocenters. The summed E-state index contributed by atoms with van der Waals surface area (Å²) < 4.78 is 0. The molecule has 0 spiro atoms. The van der Waals surface area contributed by atoms with Gasteiger partial charge in [0, 0.05) is 77.3 Å². The summed E-state index contributed by atoms with van der Waals surface area (Å²) in [4.78, 5) is 0. The molecular weight excluding hydrogens is 270 g/mol. The third-order valence-electron chi connectivity index (χ3n) is 7.20. The molecule has 0 nitrogen and oxygen atoms in total. The molecule has 0 rings (SSSR count). The van der Waals surface area contributed by atoms with E-state index in [1.807, 2.05) is 0 Å². The fourth-order valence-corrected chi connectivity index (χ4v) is 5.99. The Hall–Kier alpha value is 1.62. The largest absolute Gasteiger partial charge is 0.0552 e. The number of hydrogen-bond donors (Lipinski definition) is 0. The maximum absolute atomic E-state index is 2.51.